The summed E-state index contributed by atoms with van der Waals surface area (Å²) in [5.41, 5.74) is 10.5. The number of aromatic amines is 1. The van der Waals surface area contributed by atoms with Crippen LogP contribution in [0.1, 0.15) is 169 Å². The van der Waals surface area contributed by atoms with Gasteiger partial charge in [-0.1, -0.05) is 240 Å². The highest BCUT2D eigenvalue weighted by Crippen LogP contribution is 2.39. The van der Waals surface area contributed by atoms with Gasteiger partial charge in [0.15, 0.2) is 0 Å². The van der Waals surface area contributed by atoms with Gasteiger partial charge in [0.05, 0.1) is 60.6 Å². The highest BCUT2D eigenvalue weighted by atomic mass is 32.1. The molecule has 3 heterocycles. The fraction of sp³-hybridized carbons (Fsp3) is 0.367. The summed E-state index contributed by atoms with van der Waals surface area (Å²) < 4.78 is 19.2. The number of furan rings is 1. The van der Waals surface area contributed by atoms with Crippen molar-refractivity contribution in [3.05, 3.63) is 241 Å². The van der Waals surface area contributed by atoms with Crippen LogP contribution in [0.2, 0.25) is 0 Å². The molecular formula is C90H122N2O18S. The molecule has 5 atom stereocenters. The van der Waals surface area contributed by atoms with Gasteiger partial charge in [0.1, 0.15) is 16.9 Å². The van der Waals surface area contributed by atoms with Crippen LogP contribution in [0.15, 0.2) is 223 Å². The molecule has 0 bridgehead atoms. The lowest BCUT2D eigenvalue weighted by Crippen LogP contribution is -2.28. The number of hydrogen-bond acceptors (Lipinski definition) is 19. The van der Waals surface area contributed by atoms with Crippen LogP contribution in [0.5, 0.6) is 5.75 Å². The largest absolute Gasteiger partial charge is 0.465 e. The third-order valence-electron chi connectivity index (χ3n) is 17.9. The predicted octanol–water partition coefficient (Wildman–Crippen LogP) is 24.7. The number of benzene rings is 9. The number of H-pyrrole nitrogens is 1. The van der Waals surface area contributed by atoms with Gasteiger partial charge in [0, 0.05) is 70.8 Å². The van der Waals surface area contributed by atoms with Gasteiger partial charge in [-0.25, -0.2) is 29.3 Å². The number of thiophene rings is 1. The highest BCUT2D eigenvalue weighted by molar-refractivity contribution is 7.26. The van der Waals surface area contributed by atoms with Crippen molar-refractivity contribution in [1.29, 1.82) is 0 Å². The van der Waals surface area contributed by atoms with Gasteiger partial charge in [-0.05, 0) is 147 Å². The Bertz CT molecular complexity index is 4370. The smallest absolute Gasteiger partial charge is 0.316 e. The number of para-hydroxylation sites is 4. The number of esters is 2. The van der Waals surface area contributed by atoms with Gasteiger partial charge in [0.25, 0.3) is 0 Å². The van der Waals surface area contributed by atoms with Crippen molar-refractivity contribution in [1.82, 2.24) is 4.98 Å². The van der Waals surface area contributed by atoms with E-state index in [9.17, 15) is 14.4 Å². The Kier molecular flexibility index (Phi) is 52.7. The molecule has 21 heteroatoms. The minimum Gasteiger partial charge on any atom is -0.465 e. The molecule has 606 valence electrons. The van der Waals surface area contributed by atoms with Gasteiger partial charge >= 0.3 is 11.9 Å². The minimum absolute atomic E-state index is 0.0146. The molecule has 0 aliphatic rings. The Labute approximate surface area is 660 Å². The summed E-state index contributed by atoms with van der Waals surface area (Å²) in [5, 5.41) is 53.3. The van der Waals surface area contributed by atoms with E-state index < -0.39 is 5.41 Å². The summed E-state index contributed by atoms with van der Waals surface area (Å²) in [6, 6.07) is 74.1. The molecule has 12 aromatic rings. The Hall–Kier alpha value is -9.27. The first-order chi connectivity index (χ1) is 53.4. The standard InChI is InChI=1S/C16H17N.C16H16O.C16H16S.C13H18O2.C12H16O2.C11H15NO.6CH4O2/c1-3-11(2)12-8-6-10-15-16(12)13-7-4-5-9-14(13)17-15;1-3-11(2)12-8-9-14-13-6-4-5-7-15(13)17-16(14)10-12;1-3-11(2)12-8-6-9-14-13-7-4-5-10-15(13)17-16(12)14;1-3-11(2)13(14)15-10-9-12-7-5-4-6-8-12;1-4-12(2,3)11(13)14-10-8-6-5-7-9-10;1-3-9(2)11(13)12-10-7-5-4-6-8-10;6*1-3-2/h4-11,17H,3H2,1-2H3;2*4-11H,3H2,1-2H3;4-8,11H,3,9-10H2,1-2H3;5-9H,4H2,1-3H3;4-9H,3H2,1-2H3,(H,12,13);6*2H,1H3. The maximum Gasteiger partial charge on any atom is 0.316 e. The molecule has 111 heavy (non-hydrogen) atoms. The topological polar surface area (TPSA) is 287 Å². The molecule has 9 aromatic carbocycles. The first-order valence-corrected chi connectivity index (χ1v) is 38.0. The normalized spacial score (nSPS) is 11.5. The third-order valence-corrected chi connectivity index (χ3v) is 19.1. The molecule has 0 spiro atoms. The molecule has 0 aliphatic heterocycles. The number of hydrogen-bond donors (Lipinski definition) is 8. The SMILES string of the molecule is CCC(C)(C)C(=O)Oc1ccccc1.CCC(C)C(=O)Nc1ccccc1.CCC(C)C(=O)OCCc1ccccc1.CCC(C)c1ccc2c(c1)oc1ccccc12.CCC(C)c1cccc2[nH]c3ccccc3c12.CCC(C)c1cccc2c1sc1ccccc12.COO.COO.COO.COO.COO.COO. The maximum atomic E-state index is 11.6. The monoisotopic (exact) mass is 1550 g/mol. The quantitative estimate of drug-likeness (QED) is 0.0182. The fourth-order valence-corrected chi connectivity index (χ4v) is 11.6. The summed E-state index contributed by atoms with van der Waals surface area (Å²) in [7, 11) is 7.08. The van der Waals surface area contributed by atoms with Crippen LogP contribution in [-0.4, -0.2) is 104 Å². The van der Waals surface area contributed by atoms with Crippen molar-refractivity contribution >= 4 is 98.8 Å². The summed E-state index contributed by atoms with van der Waals surface area (Å²) in [6.07, 6.45) is 6.82. The molecule has 0 saturated heterocycles. The summed E-state index contributed by atoms with van der Waals surface area (Å²) in [6.45, 7) is 27.7. The van der Waals surface area contributed by atoms with Gasteiger partial charge < -0.3 is 24.2 Å². The van der Waals surface area contributed by atoms with Crippen molar-refractivity contribution in [3.63, 3.8) is 0 Å². The van der Waals surface area contributed by atoms with E-state index in [0.29, 0.717) is 30.1 Å². The lowest BCUT2D eigenvalue weighted by molar-refractivity contribution is -0.215. The zero-order chi connectivity index (χ0) is 83.1. The molecule has 0 saturated carbocycles. The number of fused-ring (bicyclic) bond motifs is 9. The van der Waals surface area contributed by atoms with Crippen LogP contribution in [0.3, 0.4) is 0 Å². The number of nitrogens with one attached hydrogen (secondary N) is 2. The van der Waals surface area contributed by atoms with Crippen molar-refractivity contribution in [3.8, 4) is 5.75 Å². The Balaban J connectivity index is 0.000000639. The summed E-state index contributed by atoms with van der Waals surface area (Å²) in [5.74, 6) is 2.38. The molecule has 0 aliphatic carbocycles. The molecule has 0 fully saturated rings. The number of aromatic nitrogens is 1. The second-order valence-electron chi connectivity index (χ2n) is 26.0. The van der Waals surface area contributed by atoms with E-state index >= 15 is 0 Å². The van der Waals surface area contributed by atoms with Gasteiger partial charge in [-0.15, -0.1) is 11.3 Å². The lowest BCUT2D eigenvalue weighted by atomic mass is 9.91. The zero-order valence-electron chi connectivity index (χ0n) is 68.3. The zero-order valence-corrected chi connectivity index (χ0v) is 69.1. The average molecular weight is 1550 g/mol. The van der Waals surface area contributed by atoms with Crippen LogP contribution in [-0.2, 0) is 54.9 Å². The van der Waals surface area contributed by atoms with Crippen molar-refractivity contribution in [2.75, 3.05) is 54.6 Å². The molecule has 20 nitrogen and oxygen atoms in total. The van der Waals surface area contributed by atoms with Crippen LogP contribution < -0.4 is 10.1 Å². The van der Waals surface area contributed by atoms with E-state index in [1.807, 2.05) is 151 Å². The predicted molar refractivity (Wildman–Crippen MR) is 454 cm³/mol. The van der Waals surface area contributed by atoms with E-state index in [1.165, 1.54) is 131 Å². The molecule has 12 rings (SSSR count). The van der Waals surface area contributed by atoms with Crippen molar-refractivity contribution in [2.24, 2.45) is 17.3 Å². The van der Waals surface area contributed by atoms with Crippen LogP contribution in [0.25, 0.3) is 63.9 Å². The van der Waals surface area contributed by atoms with E-state index in [-0.39, 0.29) is 29.7 Å². The molecule has 8 N–H and O–H groups in total. The van der Waals surface area contributed by atoms with Gasteiger partial charge in [-0.3, -0.25) is 45.9 Å². The van der Waals surface area contributed by atoms with Crippen LogP contribution in [0, 0.1) is 17.3 Å². The second-order valence-corrected chi connectivity index (χ2v) is 27.0. The molecule has 0 radical (unpaired) electrons. The van der Waals surface area contributed by atoms with Crippen molar-refractivity contribution in [2.45, 2.75) is 153 Å². The minimum atomic E-state index is -0.407. The van der Waals surface area contributed by atoms with Crippen LogP contribution in [0.4, 0.5) is 5.69 Å². The molecule has 1 amide bonds. The third kappa shape index (κ3) is 35.7. The number of rotatable bonds is 17. The Morgan fingerprint density at radius 2 is 0.910 bits per heavy atom. The lowest BCUT2D eigenvalue weighted by Gasteiger charge is -2.19. The van der Waals surface area contributed by atoms with Gasteiger partial charge in [0.2, 0.25) is 5.91 Å². The Morgan fingerprint density at radius 3 is 1.46 bits per heavy atom. The fourth-order valence-electron chi connectivity index (χ4n) is 10.3. The summed E-state index contributed by atoms with van der Waals surface area (Å²) in [4.78, 5) is 57.4. The van der Waals surface area contributed by atoms with E-state index in [2.05, 4.69) is 196 Å². The molecule has 5 unspecified atom stereocenters. The first kappa shape index (κ1) is 99.7. The number of ether oxygens (including phenoxy) is 2. The molecule has 3 aromatic heterocycles. The van der Waals surface area contributed by atoms with E-state index in [0.717, 1.165) is 49.0 Å². The first-order valence-electron chi connectivity index (χ1n) is 37.1. The number of carbonyl (C=O) groups excluding carboxylic acids is 3. The molecular weight excluding hydrogens is 1430 g/mol. The van der Waals surface area contributed by atoms with E-state index in [4.69, 9.17) is 45.4 Å². The second kappa shape index (κ2) is 58.6. The van der Waals surface area contributed by atoms with Gasteiger partial charge in [-0.2, -0.15) is 0 Å². The maximum absolute atomic E-state index is 11.6. The van der Waals surface area contributed by atoms with Crippen LogP contribution >= 0.6 is 11.3 Å². The number of anilines is 1. The van der Waals surface area contributed by atoms with E-state index in [1.54, 1.807) is 12.1 Å². The van der Waals surface area contributed by atoms with Crippen molar-refractivity contribution < 1.29 is 89.1 Å². The number of carbonyl (C=O) groups is 3. The number of amides is 1. The highest BCUT2D eigenvalue weighted by Gasteiger charge is 2.27. The summed E-state index contributed by atoms with van der Waals surface area (Å²) >= 11 is 1.93. The average Bonchev–Trinajstić information content (AvgIpc) is 1.64. The Morgan fingerprint density at radius 1 is 0.459 bits per heavy atom.